The molecule has 1 atom stereocenters. The van der Waals surface area contributed by atoms with E-state index in [4.69, 9.17) is 0 Å². The van der Waals surface area contributed by atoms with Gasteiger partial charge >= 0.3 is 0 Å². The molecular weight excluding hydrogens is 208 g/mol. The van der Waals surface area contributed by atoms with E-state index in [-0.39, 0.29) is 5.54 Å². The fraction of sp³-hybridized carbons (Fsp3) is 0.867. The average molecular weight is 240 g/mol. The molecule has 0 aromatic heterocycles. The van der Waals surface area contributed by atoms with Crippen molar-refractivity contribution in [3.63, 3.8) is 0 Å². The number of nitrogens with zero attached hydrogens (tertiary/aromatic N) is 1. The van der Waals surface area contributed by atoms with Gasteiger partial charge in [-0.1, -0.05) is 19.4 Å². The molecule has 0 aromatic rings. The van der Waals surface area contributed by atoms with Crippen LogP contribution in [0.5, 0.6) is 0 Å². The van der Waals surface area contributed by atoms with Crippen molar-refractivity contribution in [3.8, 4) is 0 Å². The van der Waals surface area contributed by atoms with Gasteiger partial charge in [0.2, 0.25) is 0 Å². The van der Waals surface area contributed by atoms with E-state index < -0.39 is 0 Å². The predicted octanol–water partition coefficient (Wildman–Crippen LogP) is 3.44. The Morgan fingerprint density at radius 2 is 1.88 bits per heavy atom. The Bertz CT molecular complexity index is 203. The van der Waals surface area contributed by atoms with Crippen molar-refractivity contribution in [2.45, 2.75) is 72.0 Å². The maximum Gasteiger partial charge on any atom is 0.0226 e. The lowest BCUT2D eigenvalue weighted by Crippen LogP contribution is -2.49. The molecule has 2 heteroatoms. The van der Waals surface area contributed by atoms with Gasteiger partial charge in [0.15, 0.2) is 0 Å². The van der Waals surface area contributed by atoms with Gasteiger partial charge in [0, 0.05) is 30.7 Å². The van der Waals surface area contributed by atoms with Gasteiger partial charge in [-0.15, -0.1) is 6.58 Å². The van der Waals surface area contributed by atoms with E-state index in [1.165, 1.54) is 12.8 Å². The summed E-state index contributed by atoms with van der Waals surface area (Å²) in [5.41, 5.74) is 0.197. The average Bonchev–Trinajstić information content (AvgIpc) is 2.19. The monoisotopic (exact) mass is 240 g/mol. The quantitative estimate of drug-likeness (QED) is 0.654. The second kappa shape index (κ2) is 7.88. The zero-order chi connectivity index (χ0) is 13.5. The highest BCUT2D eigenvalue weighted by molar-refractivity contribution is 4.84. The van der Waals surface area contributed by atoms with Gasteiger partial charge in [0.1, 0.15) is 0 Å². The molecule has 0 aliphatic heterocycles. The molecule has 0 aliphatic rings. The summed E-state index contributed by atoms with van der Waals surface area (Å²) in [4.78, 5) is 2.54. The zero-order valence-corrected chi connectivity index (χ0v) is 12.7. The first-order chi connectivity index (χ1) is 7.81. The maximum atomic E-state index is 3.87. The second-order valence-electron chi connectivity index (χ2n) is 6.15. The largest absolute Gasteiger partial charge is 0.311 e. The highest BCUT2D eigenvalue weighted by Gasteiger charge is 2.21. The van der Waals surface area contributed by atoms with Crippen molar-refractivity contribution in [2.24, 2.45) is 0 Å². The van der Waals surface area contributed by atoms with Crippen LogP contribution in [0.1, 0.15) is 54.4 Å². The summed E-state index contributed by atoms with van der Waals surface area (Å²) in [5, 5.41) is 3.62. The van der Waals surface area contributed by atoms with Crippen molar-refractivity contribution >= 4 is 0 Å². The minimum absolute atomic E-state index is 0.197. The Kier molecular flexibility index (Phi) is 7.73. The summed E-state index contributed by atoms with van der Waals surface area (Å²) >= 11 is 0. The summed E-state index contributed by atoms with van der Waals surface area (Å²) in [6.45, 7) is 19.4. The number of hydrogen-bond acceptors (Lipinski definition) is 2. The smallest absolute Gasteiger partial charge is 0.0226 e. The molecule has 0 amide bonds. The molecule has 0 aromatic carbocycles. The predicted molar refractivity (Wildman–Crippen MR) is 78.5 cm³/mol. The van der Waals surface area contributed by atoms with E-state index in [0.717, 1.165) is 13.1 Å². The molecule has 0 bridgehead atoms. The zero-order valence-electron chi connectivity index (χ0n) is 12.7. The Morgan fingerprint density at radius 1 is 1.29 bits per heavy atom. The molecule has 0 radical (unpaired) electrons. The molecule has 1 unspecified atom stereocenters. The van der Waals surface area contributed by atoms with Crippen LogP contribution >= 0.6 is 0 Å². The molecule has 102 valence electrons. The van der Waals surface area contributed by atoms with E-state index in [1.54, 1.807) is 0 Å². The van der Waals surface area contributed by atoms with Crippen LogP contribution in [0.3, 0.4) is 0 Å². The lowest BCUT2D eigenvalue weighted by atomic mass is 10.0. The van der Waals surface area contributed by atoms with Crippen LogP contribution in [0.25, 0.3) is 0 Å². The Morgan fingerprint density at radius 3 is 2.24 bits per heavy atom. The van der Waals surface area contributed by atoms with Gasteiger partial charge in [-0.3, -0.25) is 4.90 Å². The normalized spacial score (nSPS) is 14.4. The van der Waals surface area contributed by atoms with Crippen LogP contribution in [-0.2, 0) is 0 Å². The minimum Gasteiger partial charge on any atom is -0.311 e. The first kappa shape index (κ1) is 16.7. The van der Waals surface area contributed by atoms with Gasteiger partial charge < -0.3 is 5.32 Å². The second-order valence-corrected chi connectivity index (χ2v) is 6.15. The van der Waals surface area contributed by atoms with E-state index in [2.05, 4.69) is 58.3 Å². The fourth-order valence-electron chi connectivity index (χ4n) is 2.07. The van der Waals surface area contributed by atoms with Crippen LogP contribution in [-0.4, -0.2) is 35.6 Å². The highest BCUT2D eigenvalue weighted by Crippen LogP contribution is 2.12. The van der Waals surface area contributed by atoms with Crippen molar-refractivity contribution in [2.75, 3.05) is 13.1 Å². The molecule has 0 saturated carbocycles. The van der Waals surface area contributed by atoms with Gasteiger partial charge in [0.25, 0.3) is 0 Å². The molecule has 0 fully saturated rings. The van der Waals surface area contributed by atoms with Gasteiger partial charge in [0.05, 0.1) is 0 Å². The lowest BCUT2D eigenvalue weighted by Gasteiger charge is -2.36. The van der Waals surface area contributed by atoms with Crippen LogP contribution in [0.2, 0.25) is 0 Å². The highest BCUT2D eigenvalue weighted by atomic mass is 15.2. The molecule has 0 rings (SSSR count). The number of rotatable bonds is 8. The van der Waals surface area contributed by atoms with Gasteiger partial charge in [-0.2, -0.15) is 0 Å². The third-order valence-corrected chi connectivity index (χ3v) is 2.96. The molecule has 17 heavy (non-hydrogen) atoms. The van der Waals surface area contributed by atoms with E-state index >= 15 is 0 Å². The van der Waals surface area contributed by atoms with E-state index in [9.17, 15) is 0 Å². The lowest BCUT2D eigenvalue weighted by molar-refractivity contribution is 0.151. The maximum absolute atomic E-state index is 3.87. The molecule has 0 heterocycles. The molecule has 0 spiro atoms. The minimum atomic E-state index is 0.197. The summed E-state index contributed by atoms with van der Waals surface area (Å²) in [6, 6.07) is 1.18. The summed E-state index contributed by atoms with van der Waals surface area (Å²) in [7, 11) is 0. The van der Waals surface area contributed by atoms with Gasteiger partial charge in [-0.25, -0.2) is 0 Å². The van der Waals surface area contributed by atoms with Crippen molar-refractivity contribution in [3.05, 3.63) is 12.7 Å². The molecule has 0 aliphatic carbocycles. The van der Waals surface area contributed by atoms with Crippen LogP contribution in [0.4, 0.5) is 0 Å². The third-order valence-electron chi connectivity index (χ3n) is 2.96. The third kappa shape index (κ3) is 7.56. The standard InChI is InChI=1S/C15H32N2/c1-8-10-14(12-16-15(5,6)7)17(11-9-2)13(3)4/h9,13-14,16H,2,8,10-12H2,1,3-7H3. The number of hydrogen-bond donors (Lipinski definition) is 1. The van der Waals surface area contributed by atoms with Crippen LogP contribution in [0, 0.1) is 0 Å². The molecular formula is C15H32N2. The SMILES string of the molecule is C=CCN(C(C)C)C(CCC)CNC(C)(C)C. The topological polar surface area (TPSA) is 15.3 Å². The van der Waals surface area contributed by atoms with Crippen molar-refractivity contribution in [1.29, 1.82) is 0 Å². The van der Waals surface area contributed by atoms with Crippen LogP contribution < -0.4 is 5.32 Å². The molecule has 1 N–H and O–H groups in total. The van der Waals surface area contributed by atoms with E-state index in [0.29, 0.717) is 12.1 Å². The number of nitrogens with one attached hydrogen (secondary N) is 1. The Balaban J connectivity index is 4.50. The Labute approximate surface area is 108 Å². The summed E-state index contributed by atoms with van der Waals surface area (Å²) in [6.07, 6.45) is 4.49. The van der Waals surface area contributed by atoms with Crippen molar-refractivity contribution in [1.82, 2.24) is 10.2 Å². The Hall–Kier alpha value is -0.340. The van der Waals surface area contributed by atoms with Crippen LogP contribution in [0.15, 0.2) is 12.7 Å². The summed E-state index contributed by atoms with van der Waals surface area (Å²) < 4.78 is 0. The fourth-order valence-corrected chi connectivity index (χ4v) is 2.07. The van der Waals surface area contributed by atoms with Gasteiger partial charge in [-0.05, 0) is 41.0 Å². The molecule has 2 nitrogen and oxygen atoms in total. The summed E-state index contributed by atoms with van der Waals surface area (Å²) in [5.74, 6) is 0. The molecule has 0 saturated heterocycles. The first-order valence-corrected chi connectivity index (χ1v) is 6.93. The van der Waals surface area contributed by atoms with E-state index in [1.807, 2.05) is 6.08 Å². The first-order valence-electron chi connectivity index (χ1n) is 6.93. The van der Waals surface area contributed by atoms with Crippen molar-refractivity contribution < 1.29 is 0 Å².